The fourth-order valence-corrected chi connectivity index (χ4v) is 0.829. The molecule has 2 heterocycles. The molecular formula is C6H5N2. The Morgan fingerprint density at radius 1 is 1.75 bits per heavy atom. The van der Waals surface area contributed by atoms with Crippen LogP contribution in [-0.4, -0.2) is 10.9 Å². The van der Waals surface area contributed by atoms with Crippen LogP contribution in [0.25, 0.3) is 0 Å². The molecule has 0 aliphatic carbocycles. The minimum Gasteiger partial charge on any atom is -0.309 e. The van der Waals surface area contributed by atoms with Crippen LogP contribution in [0.15, 0.2) is 17.3 Å². The fraction of sp³-hybridized carbons (Fsp3) is 0.167. The van der Waals surface area contributed by atoms with E-state index in [9.17, 15) is 0 Å². The van der Waals surface area contributed by atoms with E-state index in [1.807, 2.05) is 23.2 Å². The Labute approximate surface area is 47.5 Å². The van der Waals surface area contributed by atoms with Gasteiger partial charge in [0.1, 0.15) is 0 Å². The third-order valence-corrected chi connectivity index (χ3v) is 1.24. The van der Waals surface area contributed by atoms with Crippen molar-refractivity contribution in [1.29, 1.82) is 0 Å². The molecular weight excluding hydrogens is 100 g/mol. The van der Waals surface area contributed by atoms with Gasteiger partial charge in [-0.1, -0.05) is 0 Å². The Morgan fingerprint density at radius 2 is 2.75 bits per heavy atom. The zero-order valence-electron chi connectivity index (χ0n) is 4.33. The molecule has 1 aliphatic rings. The lowest BCUT2D eigenvalue weighted by Crippen LogP contribution is -1.88. The molecule has 2 nitrogen and oxygen atoms in total. The molecule has 0 N–H and O–H groups in total. The molecule has 8 heavy (non-hydrogen) atoms. The first-order valence-electron chi connectivity index (χ1n) is 2.54. The van der Waals surface area contributed by atoms with E-state index in [1.54, 1.807) is 0 Å². The van der Waals surface area contributed by atoms with Crippen molar-refractivity contribution in [3.63, 3.8) is 0 Å². The van der Waals surface area contributed by atoms with Gasteiger partial charge in [-0.2, -0.15) is 0 Å². The number of hydrogen-bond donors (Lipinski definition) is 0. The van der Waals surface area contributed by atoms with Crippen molar-refractivity contribution in [1.82, 2.24) is 4.57 Å². The largest absolute Gasteiger partial charge is 0.309 e. The lowest BCUT2D eigenvalue weighted by Gasteiger charge is -1.84. The van der Waals surface area contributed by atoms with E-state index in [0.29, 0.717) is 0 Å². The second kappa shape index (κ2) is 1.22. The molecule has 0 unspecified atom stereocenters. The van der Waals surface area contributed by atoms with E-state index in [2.05, 4.69) is 11.1 Å². The normalized spacial score (nSPS) is 14.5. The minimum absolute atomic E-state index is 0.799. The Bertz CT molecular complexity index is 222. The van der Waals surface area contributed by atoms with Gasteiger partial charge in [-0.05, 0) is 6.07 Å². The molecule has 0 spiro atoms. The summed E-state index contributed by atoms with van der Waals surface area (Å²) < 4.78 is 1.97. The van der Waals surface area contributed by atoms with Crippen molar-refractivity contribution in [2.75, 3.05) is 0 Å². The molecule has 1 radical (unpaired) electrons. The SMILES string of the molecule is [c]1ccn2c1CN=C2. The van der Waals surface area contributed by atoms with E-state index < -0.39 is 0 Å². The Hall–Kier alpha value is -1.05. The van der Waals surface area contributed by atoms with Crippen LogP contribution in [-0.2, 0) is 6.54 Å². The second-order valence-electron chi connectivity index (χ2n) is 1.77. The van der Waals surface area contributed by atoms with E-state index in [4.69, 9.17) is 0 Å². The molecule has 0 atom stereocenters. The van der Waals surface area contributed by atoms with Crippen molar-refractivity contribution in [2.24, 2.45) is 4.99 Å². The zero-order valence-corrected chi connectivity index (χ0v) is 4.33. The van der Waals surface area contributed by atoms with E-state index in [-0.39, 0.29) is 0 Å². The number of aromatic nitrogens is 1. The quantitative estimate of drug-likeness (QED) is 0.461. The number of nitrogens with zero attached hydrogens (tertiary/aromatic N) is 2. The Kier molecular flexibility index (Phi) is 0.592. The van der Waals surface area contributed by atoms with E-state index >= 15 is 0 Å². The van der Waals surface area contributed by atoms with Crippen LogP contribution < -0.4 is 0 Å². The predicted molar refractivity (Wildman–Crippen MR) is 30.9 cm³/mol. The first kappa shape index (κ1) is 3.89. The van der Waals surface area contributed by atoms with Crippen molar-refractivity contribution < 1.29 is 0 Å². The molecule has 39 valence electrons. The van der Waals surface area contributed by atoms with Gasteiger partial charge in [0.05, 0.1) is 18.6 Å². The van der Waals surface area contributed by atoms with Crippen LogP contribution in [0.5, 0.6) is 0 Å². The summed E-state index contributed by atoms with van der Waals surface area (Å²) in [5, 5.41) is 0. The average molecular weight is 105 g/mol. The van der Waals surface area contributed by atoms with Gasteiger partial charge < -0.3 is 4.57 Å². The second-order valence-corrected chi connectivity index (χ2v) is 1.77. The highest BCUT2D eigenvalue weighted by atomic mass is 15.1. The average Bonchev–Trinajstić information content (AvgIpc) is 2.15. The molecule has 0 fully saturated rings. The molecule has 0 bridgehead atoms. The molecule has 1 aromatic heterocycles. The first-order chi connectivity index (χ1) is 3.97. The monoisotopic (exact) mass is 105 g/mol. The summed E-state index contributed by atoms with van der Waals surface area (Å²) in [5.74, 6) is 0. The number of hydrogen-bond acceptors (Lipinski definition) is 1. The molecule has 1 aliphatic heterocycles. The fourth-order valence-electron chi connectivity index (χ4n) is 0.829. The lowest BCUT2D eigenvalue weighted by molar-refractivity contribution is 1.04. The molecule has 0 saturated carbocycles. The summed E-state index contributed by atoms with van der Waals surface area (Å²) >= 11 is 0. The maximum atomic E-state index is 4.02. The third-order valence-electron chi connectivity index (χ3n) is 1.24. The van der Waals surface area contributed by atoms with Gasteiger partial charge >= 0.3 is 0 Å². The van der Waals surface area contributed by atoms with Crippen LogP contribution in [0.3, 0.4) is 0 Å². The highest BCUT2D eigenvalue weighted by Crippen LogP contribution is 2.04. The topological polar surface area (TPSA) is 17.3 Å². The summed E-state index contributed by atoms with van der Waals surface area (Å²) in [5.41, 5.74) is 1.16. The summed E-state index contributed by atoms with van der Waals surface area (Å²) in [6.07, 6.45) is 3.76. The van der Waals surface area contributed by atoms with Crippen LogP contribution in [0.1, 0.15) is 5.69 Å². The standard InChI is InChI=1S/C6H5N2/c1-2-6-4-7-5-8(6)3-1/h1,3,5H,4H2. The summed E-state index contributed by atoms with van der Waals surface area (Å²) in [6.45, 7) is 0.799. The van der Waals surface area contributed by atoms with E-state index in [1.165, 1.54) is 0 Å². The van der Waals surface area contributed by atoms with Gasteiger partial charge in [-0.15, -0.1) is 0 Å². The number of rotatable bonds is 0. The van der Waals surface area contributed by atoms with Gasteiger partial charge in [0, 0.05) is 12.3 Å². The van der Waals surface area contributed by atoms with Gasteiger partial charge in [-0.25, -0.2) is 0 Å². The van der Waals surface area contributed by atoms with Crippen LogP contribution >= 0.6 is 0 Å². The molecule has 2 heteroatoms. The third kappa shape index (κ3) is 0.346. The highest BCUT2D eigenvalue weighted by molar-refractivity contribution is 5.62. The summed E-state index contributed by atoms with van der Waals surface area (Å²) in [6, 6.07) is 4.96. The molecule has 0 saturated heterocycles. The molecule has 0 amide bonds. The maximum absolute atomic E-state index is 4.02. The van der Waals surface area contributed by atoms with Crippen molar-refractivity contribution in [2.45, 2.75) is 6.54 Å². The van der Waals surface area contributed by atoms with Crippen molar-refractivity contribution >= 4 is 6.34 Å². The molecule has 1 aromatic rings. The predicted octanol–water partition coefficient (Wildman–Crippen LogP) is 0.678. The zero-order chi connectivity index (χ0) is 5.40. The summed E-state index contributed by atoms with van der Waals surface area (Å²) in [4.78, 5) is 4.02. The number of aliphatic imine (C=N–C) groups is 1. The van der Waals surface area contributed by atoms with Gasteiger partial charge in [0.25, 0.3) is 0 Å². The maximum Gasteiger partial charge on any atom is 0.0938 e. The van der Waals surface area contributed by atoms with Gasteiger partial charge in [0.15, 0.2) is 0 Å². The minimum atomic E-state index is 0.799. The van der Waals surface area contributed by atoms with E-state index in [0.717, 1.165) is 12.2 Å². The lowest BCUT2D eigenvalue weighted by atomic mass is 10.4. The van der Waals surface area contributed by atoms with Crippen LogP contribution in [0.4, 0.5) is 0 Å². The highest BCUT2D eigenvalue weighted by Gasteiger charge is 2.01. The Balaban J connectivity index is 2.67. The van der Waals surface area contributed by atoms with Gasteiger partial charge in [0.2, 0.25) is 0 Å². The smallest absolute Gasteiger partial charge is 0.0938 e. The van der Waals surface area contributed by atoms with Crippen molar-refractivity contribution in [3.05, 3.63) is 24.0 Å². The van der Waals surface area contributed by atoms with Crippen LogP contribution in [0, 0.1) is 6.07 Å². The van der Waals surface area contributed by atoms with Crippen LogP contribution in [0.2, 0.25) is 0 Å². The molecule has 2 rings (SSSR count). The van der Waals surface area contributed by atoms with Crippen molar-refractivity contribution in [3.8, 4) is 0 Å². The molecule has 0 aromatic carbocycles. The summed E-state index contributed by atoms with van der Waals surface area (Å²) in [7, 11) is 0. The van der Waals surface area contributed by atoms with Gasteiger partial charge in [-0.3, -0.25) is 4.99 Å². The number of fused-ring (bicyclic) bond motifs is 1. The Morgan fingerprint density at radius 3 is 3.62 bits per heavy atom. The first-order valence-corrected chi connectivity index (χ1v) is 2.54.